The summed E-state index contributed by atoms with van der Waals surface area (Å²) in [4.78, 5) is 0. The summed E-state index contributed by atoms with van der Waals surface area (Å²) in [6, 6.07) is 6.84. The minimum Gasteiger partial charge on any atom is -0.0617 e. The highest BCUT2D eigenvalue weighted by molar-refractivity contribution is 5.36. The van der Waals surface area contributed by atoms with E-state index in [9.17, 15) is 0 Å². The molecule has 2 rings (SSSR count). The van der Waals surface area contributed by atoms with E-state index in [1.807, 2.05) is 0 Å². The van der Waals surface area contributed by atoms with Crippen molar-refractivity contribution in [3.63, 3.8) is 0 Å². The molecule has 13 heavy (non-hydrogen) atoms. The molecular weight excluding hydrogens is 156 g/mol. The first-order chi connectivity index (χ1) is 6.42. The molecule has 1 aliphatic carbocycles. The molecule has 0 fully saturated rings. The van der Waals surface area contributed by atoms with Gasteiger partial charge in [0.2, 0.25) is 0 Å². The first-order valence-electron chi connectivity index (χ1n) is 5.51. The molecule has 0 nitrogen and oxygen atoms in total. The van der Waals surface area contributed by atoms with Crippen LogP contribution in [0.3, 0.4) is 0 Å². The van der Waals surface area contributed by atoms with Crippen molar-refractivity contribution in [3.05, 3.63) is 34.9 Å². The monoisotopic (exact) mass is 174 g/mol. The summed E-state index contributed by atoms with van der Waals surface area (Å²) < 4.78 is 0. The van der Waals surface area contributed by atoms with E-state index in [0.29, 0.717) is 0 Å². The van der Waals surface area contributed by atoms with Crippen LogP contribution in [0.1, 0.15) is 42.9 Å². The maximum absolute atomic E-state index is 2.32. The van der Waals surface area contributed by atoms with Gasteiger partial charge in [-0.15, -0.1) is 0 Å². The third-order valence-corrected chi connectivity index (χ3v) is 3.12. The molecule has 1 aliphatic rings. The van der Waals surface area contributed by atoms with Crippen molar-refractivity contribution in [2.45, 2.75) is 45.4 Å². The van der Waals surface area contributed by atoms with E-state index in [1.54, 1.807) is 16.7 Å². The normalized spacial score (nSPS) is 16.4. The molecule has 0 aromatic heterocycles. The number of hydrogen-bond donors (Lipinski definition) is 0. The Balaban J connectivity index is 2.40. The smallest absolute Gasteiger partial charge is 0.0273 e. The molecule has 0 atom stereocenters. The van der Waals surface area contributed by atoms with Gasteiger partial charge in [0, 0.05) is 0 Å². The van der Waals surface area contributed by atoms with E-state index in [0.717, 1.165) is 0 Å². The van der Waals surface area contributed by atoms with Gasteiger partial charge in [0.15, 0.2) is 0 Å². The van der Waals surface area contributed by atoms with E-state index in [2.05, 4.69) is 25.1 Å². The van der Waals surface area contributed by atoms with Crippen LogP contribution in [0.2, 0.25) is 0 Å². The maximum atomic E-state index is 2.32. The second-order valence-corrected chi connectivity index (χ2v) is 3.97. The van der Waals surface area contributed by atoms with E-state index >= 15 is 0 Å². The molecule has 0 amide bonds. The van der Waals surface area contributed by atoms with Crippen molar-refractivity contribution in [2.24, 2.45) is 0 Å². The standard InChI is InChI=1S/C13H18/c1-2-11-8-6-9-12-7-4-3-5-10-13(11)12/h6,8-9H,2-5,7,10H2,1H3. The van der Waals surface area contributed by atoms with Gasteiger partial charge >= 0.3 is 0 Å². The Morgan fingerprint density at radius 3 is 2.77 bits per heavy atom. The Kier molecular flexibility index (Phi) is 2.68. The number of fused-ring (bicyclic) bond motifs is 1. The summed E-state index contributed by atoms with van der Waals surface area (Å²) in [6.07, 6.45) is 8.02. The molecule has 0 unspecified atom stereocenters. The van der Waals surface area contributed by atoms with Crippen LogP contribution in [-0.4, -0.2) is 0 Å². The lowest BCUT2D eigenvalue weighted by molar-refractivity contribution is 0.710. The fourth-order valence-electron chi connectivity index (χ4n) is 2.37. The Bertz CT molecular complexity index is 286. The van der Waals surface area contributed by atoms with Gasteiger partial charge in [0.1, 0.15) is 0 Å². The predicted molar refractivity (Wildman–Crippen MR) is 57.1 cm³/mol. The third-order valence-electron chi connectivity index (χ3n) is 3.12. The van der Waals surface area contributed by atoms with Gasteiger partial charge in [-0.3, -0.25) is 0 Å². The Labute approximate surface area is 81.0 Å². The summed E-state index contributed by atoms with van der Waals surface area (Å²) >= 11 is 0. The molecule has 0 aliphatic heterocycles. The molecule has 0 radical (unpaired) electrons. The van der Waals surface area contributed by atoms with Crippen molar-refractivity contribution >= 4 is 0 Å². The summed E-state index contributed by atoms with van der Waals surface area (Å²) in [5.74, 6) is 0. The maximum Gasteiger partial charge on any atom is -0.0273 e. The second-order valence-electron chi connectivity index (χ2n) is 3.97. The van der Waals surface area contributed by atoms with Gasteiger partial charge in [0.05, 0.1) is 0 Å². The fourth-order valence-corrected chi connectivity index (χ4v) is 2.37. The van der Waals surface area contributed by atoms with Gasteiger partial charge in [-0.1, -0.05) is 31.5 Å². The van der Waals surface area contributed by atoms with E-state index in [4.69, 9.17) is 0 Å². The van der Waals surface area contributed by atoms with Gasteiger partial charge < -0.3 is 0 Å². The molecule has 0 N–H and O–H groups in total. The highest BCUT2D eigenvalue weighted by Crippen LogP contribution is 2.23. The van der Waals surface area contributed by atoms with Gasteiger partial charge in [-0.2, -0.15) is 0 Å². The molecule has 1 aromatic carbocycles. The summed E-state index contributed by atoms with van der Waals surface area (Å²) in [5, 5.41) is 0. The lowest BCUT2D eigenvalue weighted by atomic mass is 9.96. The zero-order valence-electron chi connectivity index (χ0n) is 8.47. The number of benzene rings is 1. The van der Waals surface area contributed by atoms with Crippen LogP contribution >= 0.6 is 0 Å². The van der Waals surface area contributed by atoms with Crippen LogP contribution in [0, 0.1) is 0 Å². The first-order valence-corrected chi connectivity index (χ1v) is 5.51. The highest BCUT2D eigenvalue weighted by Gasteiger charge is 2.09. The van der Waals surface area contributed by atoms with Crippen LogP contribution < -0.4 is 0 Å². The molecule has 0 saturated carbocycles. The molecule has 0 spiro atoms. The van der Waals surface area contributed by atoms with Gasteiger partial charge in [0.25, 0.3) is 0 Å². The number of aryl methyl sites for hydroxylation is 2. The molecule has 0 bridgehead atoms. The largest absolute Gasteiger partial charge is 0.0617 e. The van der Waals surface area contributed by atoms with Crippen LogP contribution in [0.15, 0.2) is 18.2 Å². The van der Waals surface area contributed by atoms with Crippen LogP contribution in [-0.2, 0) is 19.3 Å². The Morgan fingerprint density at radius 2 is 1.92 bits per heavy atom. The molecular formula is C13H18. The lowest BCUT2D eigenvalue weighted by Crippen LogP contribution is -1.96. The third kappa shape index (κ3) is 1.77. The molecule has 70 valence electrons. The molecule has 1 aromatic rings. The van der Waals surface area contributed by atoms with E-state index in [1.165, 1.54) is 38.5 Å². The predicted octanol–water partition coefficient (Wildman–Crippen LogP) is 3.52. The lowest BCUT2D eigenvalue weighted by Gasteiger charge is -2.10. The van der Waals surface area contributed by atoms with Crippen LogP contribution in [0.5, 0.6) is 0 Å². The Morgan fingerprint density at radius 1 is 1.08 bits per heavy atom. The van der Waals surface area contributed by atoms with E-state index in [-0.39, 0.29) is 0 Å². The van der Waals surface area contributed by atoms with Gasteiger partial charge in [-0.25, -0.2) is 0 Å². The quantitative estimate of drug-likeness (QED) is 0.571. The van der Waals surface area contributed by atoms with Crippen molar-refractivity contribution in [1.29, 1.82) is 0 Å². The fraction of sp³-hybridized carbons (Fsp3) is 0.538. The zero-order valence-corrected chi connectivity index (χ0v) is 8.47. The average Bonchev–Trinajstić information content (AvgIpc) is 2.41. The van der Waals surface area contributed by atoms with Gasteiger partial charge in [-0.05, 0) is 48.8 Å². The summed E-state index contributed by atoms with van der Waals surface area (Å²) in [5.41, 5.74) is 4.87. The highest BCUT2D eigenvalue weighted by atomic mass is 14.1. The first kappa shape index (κ1) is 8.80. The minimum atomic E-state index is 1.20. The molecule has 0 saturated heterocycles. The number of hydrogen-bond acceptors (Lipinski definition) is 0. The number of rotatable bonds is 1. The average molecular weight is 174 g/mol. The molecule has 0 heteroatoms. The SMILES string of the molecule is CCc1cccc2c1CCCCC2. The van der Waals surface area contributed by atoms with Crippen molar-refractivity contribution in [3.8, 4) is 0 Å². The zero-order chi connectivity index (χ0) is 9.10. The van der Waals surface area contributed by atoms with Crippen LogP contribution in [0.25, 0.3) is 0 Å². The molecule has 0 heterocycles. The minimum absolute atomic E-state index is 1.20. The second kappa shape index (κ2) is 3.95. The topological polar surface area (TPSA) is 0 Å². The van der Waals surface area contributed by atoms with Crippen molar-refractivity contribution < 1.29 is 0 Å². The Hall–Kier alpha value is -0.780. The van der Waals surface area contributed by atoms with Crippen molar-refractivity contribution in [1.82, 2.24) is 0 Å². The summed E-state index contributed by atoms with van der Waals surface area (Å²) in [7, 11) is 0. The van der Waals surface area contributed by atoms with E-state index < -0.39 is 0 Å². The van der Waals surface area contributed by atoms with Crippen LogP contribution in [0.4, 0.5) is 0 Å². The van der Waals surface area contributed by atoms with Crippen molar-refractivity contribution in [2.75, 3.05) is 0 Å². The summed E-state index contributed by atoms with van der Waals surface area (Å²) in [6.45, 7) is 2.26.